The van der Waals surface area contributed by atoms with Gasteiger partial charge in [-0.15, -0.1) is 0 Å². The van der Waals surface area contributed by atoms with Crippen molar-refractivity contribution >= 4 is 29.1 Å². The van der Waals surface area contributed by atoms with E-state index in [2.05, 4.69) is 0 Å². The van der Waals surface area contributed by atoms with Gasteiger partial charge in [0.15, 0.2) is 0 Å². The molecule has 130 valence electrons. The van der Waals surface area contributed by atoms with Crippen molar-refractivity contribution < 1.29 is 9.59 Å². The van der Waals surface area contributed by atoms with Gasteiger partial charge in [0.05, 0.1) is 0 Å². The average Bonchev–Trinajstić information content (AvgIpc) is 2.60. The highest BCUT2D eigenvalue weighted by Crippen LogP contribution is 2.18. The minimum absolute atomic E-state index is 0.0592. The Labute approximate surface area is 152 Å². The SMILES string of the molecule is Cc1ccc(N)cc1C(=O)N1CCN(Cc2ccc(Cl)cc2)C(=O)C1. The number of nitrogens with two attached hydrogens (primary N) is 1. The van der Waals surface area contributed by atoms with Gasteiger partial charge in [0.2, 0.25) is 5.91 Å². The molecule has 0 aromatic heterocycles. The summed E-state index contributed by atoms with van der Waals surface area (Å²) in [6.45, 7) is 3.49. The fourth-order valence-electron chi connectivity index (χ4n) is 2.90. The molecule has 0 aliphatic carbocycles. The van der Waals surface area contributed by atoms with E-state index in [9.17, 15) is 9.59 Å². The number of amides is 2. The Hall–Kier alpha value is -2.53. The van der Waals surface area contributed by atoms with Gasteiger partial charge in [0.1, 0.15) is 6.54 Å². The molecule has 0 saturated carbocycles. The first-order chi connectivity index (χ1) is 11.9. The largest absolute Gasteiger partial charge is 0.399 e. The number of carbonyl (C=O) groups excluding carboxylic acids is 2. The summed E-state index contributed by atoms with van der Waals surface area (Å²) in [5.41, 5.74) is 8.76. The Morgan fingerprint density at radius 1 is 1.16 bits per heavy atom. The molecule has 0 unspecified atom stereocenters. The lowest BCUT2D eigenvalue weighted by Crippen LogP contribution is -2.51. The molecule has 6 heteroatoms. The van der Waals surface area contributed by atoms with Gasteiger partial charge in [-0.05, 0) is 42.3 Å². The molecular formula is C19H20ClN3O2. The number of rotatable bonds is 3. The van der Waals surface area contributed by atoms with Crippen molar-refractivity contribution in [1.29, 1.82) is 0 Å². The third kappa shape index (κ3) is 3.94. The third-order valence-electron chi connectivity index (χ3n) is 4.38. The van der Waals surface area contributed by atoms with E-state index < -0.39 is 0 Å². The zero-order chi connectivity index (χ0) is 18.0. The van der Waals surface area contributed by atoms with E-state index in [4.69, 9.17) is 17.3 Å². The van der Waals surface area contributed by atoms with Crippen LogP contribution in [-0.2, 0) is 11.3 Å². The number of nitrogens with zero attached hydrogens (tertiary/aromatic N) is 2. The highest BCUT2D eigenvalue weighted by atomic mass is 35.5. The Bertz CT molecular complexity index is 805. The number of piperazine rings is 1. The topological polar surface area (TPSA) is 66.6 Å². The normalized spacial score (nSPS) is 14.7. The summed E-state index contributed by atoms with van der Waals surface area (Å²) in [5.74, 6) is -0.208. The van der Waals surface area contributed by atoms with Crippen LogP contribution in [0, 0.1) is 6.92 Å². The van der Waals surface area contributed by atoms with Crippen molar-refractivity contribution in [1.82, 2.24) is 9.80 Å². The number of nitrogen functional groups attached to an aromatic ring is 1. The fourth-order valence-corrected chi connectivity index (χ4v) is 3.03. The Morgan fingerprint density at radius 2 is 1.88 bits per heavy atom. The molecule has 1 aliphatic rings. The van der Waals surface area contributed by atoms with E-state index in [-0.39, 0.29) is 18.4 Å². The summed E-state index contributed by atoms with van der Waals surface area (Å²) < 4.78 is 0. The van der Waals surface area contributed by atoms with Crippen LogP contribution in [0.15, 0.2) is 42.5 Å². The van der Waals surface area contributed by atoms with E-state index in [1.807, 2.05) is 37.3 Å². The number of hydrogen-bond donors (Lipinski definition) is 1. The van der Waals surface area contributed by atoms with E-state index in [0.29, 0.717) is 35.9 Å². The first-order valence-corrected chi connectivity index (χ1v) is 8.49. The van der Waals surface area contributed by atoms with Gasteiger partial charge in [-0.25, -0.2) is 0 Å². The van der Waals surface area contributed by atoms with E-state index in [1.54, 1.807) is 21.9 Å². The summed E-state index contributed by atoms with van der Waals surface area (Å²) in [5, 5.41) is 0.669. The maximum absolute atomic E-state index is 12.7. The van der Waals surface area contributed by atoms with Crippen LogP contribution in [0.25, 0.3) is 0 Å². The number of aryl methyl sites for hydroxylation is 1. The maximum Gasteiger partial charge on any atom is 0.254 e. The van der Waals surface area contributed by atoms with Gasteiger partial charge in [0, 0.05) is 35.9 Å². The highest BCUT2D eigenvalue weighted by Gasteiger charge is 2.28. The molecule has 2 aromatic carbocycles. The molecule has 1 fully saturated rings. The lowest BCUT2D eigenvalue weighted by Gasteiger charge is -2.34. The molecule has 2 amide bonds. The van der Waals surface area contributed by atoms with Gasteiger partial charge in [-0.2, -0.15) is 0 Å². The van der Waals surface area contributed by atoms with E-state index >= 15 is 0 Å². The van der Waals surface area contributed by atoms with Crippen molar-refractivity contribution in [3.05, 3.63) is 64.2 Å². The summed E-state index contributed by atoms with van der Waals surface area (Å²) in [4.78, 5) is 28.5. The second kappa shape index (κ2) is 7.15. The molecular weight excluding hydrogens is 338 g/mol. The van der Waals surface area contributed by atoms with Crippen molar-refractivity contribution in [2.45, 2.75) is 13.5 Å². The highest BCUT2D eigenvalue weighted by molar-refractivity contribution is 6.30. The number of halogens is 1. The van der Waals surface area contributed by atoms with Gasteiger partial charge in [-0.3, -0.25) is 9.59 Å². The monoisotopic (exact) mass is 357 g/mol. The van der Waals surface area contributed by atoms with Gasteiger partial charge >= 0.3 is 0 Å². The quantitative estimate of drug-likeness (QED) is 0.859. The molecule has 0 atom stereocenters. The van der Waals surface area contributed by atoms with Crippen molar-refractivity contribution in [2.24, 2.45) is 0 Å². The number of carbonyl (C=O) groups is 2. The lowest BCUT2D eigenvalue weighted by molar-refractivity contribution is -0.135. The molecule has 2 N–H and O–H groups in total. The fraction of sp³-hybridized carbons (Fsp3) is 0.263. The van der Waals surface area contributed by atoms with E-state index in [0.717, 1.165) is 11.1 Å². The Balaban J connectivity index is 1.67. The first-order valence-electron chi connectivity index (χ1n) is 8.11. The van der Waals surface area contributed by atoms with Gasteiger partial charge < -0.3 is 15.5 Å². The van der Waals surface area contributed by atoms with Gasteiger partial charge in [-0.1, -0.05) is 29.8 Å². The van der Waals surface area contributed by atoms with Crippen LogP contribution in [0.2, 0.25) is 5.02 Å². The smallest absolute Gasteiger partial charge is 0.254 e. The number of benzene rings is 2. The first kappa shape index (κ1) is 17.3. The van der Waals surface area contributed by atoms with Crippen LogP contribution < -0.4 is 5.73 Å². The van der Waals surface area contributed by atoms with Crippen LogP contribution in [0.4, 0.5) is 5.69 Å². The van der Waals surface area contributed by atoms with Crippen molar-refractivity contribution in [3.8, 4) is 0 Å². The molecule has 0 radical (unpaired) electrons. The number of hydrogen-bond acceptors (Lipinski definition) is 3. The molecule has 1 heterocycles. The standard InChI is InChI=1S/C19H20ClN3O2/c1-13-2-7-16(21)10-17(13)19(25)23-9-8-22(18(24)12-23)11-14-3-5-15(20)6-4-14/h2-7,10H,8-9,11-12,21H2,1H3. The minimum atomic E-state index is -0.149. The molecule has 3 rings (SSSR count). The zero-order valence-corrected chi connectivity index (χ0v) is 14.8. The lowest BCUT2D eigenvalue weighted by atomic mass is 10.1. The molecule has 5 nitrogen and oxygen atoms in total. The van der Waals surface area contributed by atoms with Crippen LogP contribution in [0.5, 0.6) is 0 Å². The average molecular weight is 358 g/mol. The zero-order valence-electron chi connectivity index (χ0n) is 14.0. The summed E-state index contributed by atoms with van der Waals surface area (Å²) >= 11 is 5.89. The summed E-state index contributed by atoms with van der Waals surface area (Å²) in [6, 6.07) is 12.7. The molecule has 25 heavy (non-hydrogen) atoms. The van der Waals surface area contributed by atoms with Crippen LogP contribution in [-0.4, -0.2) is 41.2 Å². The predicted octanol–water partition coefficient (Wildman–Crippen LogP) is 2.72. The second-order valence-electron chi connectivity index (χ2n) is 6.24. The van der Waals surface area contributed by atoms with Crippen LogP contribution >= 0.6 is 11.6 Å². The van der Waals surface area contributed by atoms with Crippen LogP contribution in [0.3, 0.4) is 0 Å². The van der Waals surface area contributed by atoms with Gasteiger partial charge in [0.25, 0.3) is 5.91 Å². The van der Waals surface area contributed by atoms with Crippen molar-refractivity contribution in [3.63, 3.8) is 0 Å². The summed E-state index contributed by atoms with van der Waals surface area (Å²) in [6.07, 6.45) is 0. The number of anilines is 1. The Morgan fingerprint density at radius 3 is 2.56 bits per heavy atom. The second-order valence-corrected chi connectivity index (χ2v) is 6.68. The maximum atomic E-state index is 12.7. The van der Waals surface area contributed by atoms with Crippen LogP contribution in [0.1, 0.15) is 21.5 Å². The predicted molar refractivity (Wildman–Crippen MR) is 98.4 cm³/mol. The Kier molecular flexibility index (Phi) is 4.95. The summed E-state index contributed by atoms with van der Waals surface area (Å²) in [7, 11) is 0. The third-order valence-corrected chi connectivity index (χ3v) is 4.64. The minimum Gasteiger partial charge on any atom is -0.399 e. The molecule has 0 bridgehead atoms. The van der Waals surface area contributed by atoms with Crippen molar-refractivity contribution in [2.75, 3.05) is 25.4 Å². The van der Waals surface area contributed by atoms with E-state index in [1.165, 1.54) is 0 Å². The molecule has 1 aliphatic heterocycles. The molecule has 1 saturated heterocycles. The molecule has 2 aromatic rings. The molecule has 0 spiro atoms.